The van der Waals surface area contributed by atoms with Gasteiger partial charge in [0.1, 0.15) is 5.92 Å². The van der Waals surface area contributed by atoms with Crippen LogP contribution in [-0.4, -0.2) is 18.4 Å². The number of esters is 1. The van der Waals surface area contributed by atoms with Crippen LogP contribution in [0.1, 0.15) is 42.6 Å². The Morgan fingerprint density at radius 1 is 1.17 bits per heavy atom. The van der Waals surface area contributed by atoms with E-state index in [4.69, 9.17) is 4.74 Å². The molecule has 0 heterocycles. The quantitative estimate of drug-likeness (QED) is 0.441. The number of benzene rings is 1. The lowest BCUT2D eigenvalue weighted by Gasteiger charge is -2.13. The maximum absolute atomic E-state index is 12.3. The van der Waals surface area contributed by atoms with E-state index in [0.717, 1.165) is 12.0 Å². The molecule has 0 bridgehead atoms. The Kier molecular flexibility index (Phi) is 5.56. The van der Waals surface area contributed by atoms with Gasteiger partial charge in [-0.1, -0.05) is 43.2 Å². The average molecular weight is 248 g/mol. The van der Waals surface area contributed by atoms with Crippen LogP contribution in [0.25, 0.3) is 0 Å². The molecular formula is C15H20O3. The van der Waals surface area contributed by atoms with E-state index < -0.39 is 11.9 Å². The molecule has 0 saturated carbocycles. The van der Waals surface area contributed by atoms with Crippen LogP contribution < -0.4 is 0 Å². The van der Waals surface area contributed by atoms with Crippen molar-refractivity contribution in [1.29, 1.82) is 0 Å². The summed E-state index contributed by atoms with van der Waals surface area (Å²) < 4.78 is 4.96. The van der Waals surface area contributed by atoms with Crippen molar-refractivity contribution in [3.8, 4) is 0 Å². The van der Waals surface area contributed by atoms with Gasteiger partial charge in [-0.2, -0.15) is 0 Å². The molecule has 0 N–H and O–H groups in total. The number of hydrogen-bond acceptors (Lipinski definition) is 3. The van der Waals surface area contributed by atoms with Gasteiger partial charge in [0.05, 0.1) is 6.61 Å². The molecule has 0 radical (unpaired) electrons. The van der Waals surface area contributed by atoms with Crippen molar-refractivity contribution in [3.63, 3.8) is 0 Å². The van der Waals surface area contributed by atoms with Crippen LogP contribution in [0.3, 0.4) is 0 Å². The van der Waals surface area contributed by atoms with Crippen LogP contribution in [0, 0.1) is 12.8 Å². The van der Waals surface area contributed by atoms with E-state index in [1.807, 2.05) is 26.0 Å². The van der Waals surface area contributed by atoms with Gasteiger partial charge in [0.25, 0.3) is 0 Å². The number of carbonyl (C=O) groups excluding carboxylic acids is 2. The molecule has 98 valence electrons. The molecule has 0 aliphatic carbocycles. The van der Waals surface area contributed by atoms with E-state index >= 15 is 0 Å². The molecule has 0 aliphatic rings. The molecule has 3 nitrogen and oxygen atoms in total. The Morgan fingerprint density at radius 2 is 1.78 bits per heavy atom. The number of rotatable bonds is 6. The SMILES string of the molecule is CCCC(C(=O)OCC)C(=O)c1ccc(C)cc1. The van der Waals surface area contributed by atoms with Crippen LogP contribution in [0.4, 0.5) is 0 Å². The molecule has 18 heavy (non-hydrogen) atoms. The minimum absolute atomic E-state index is 0.143. The number of aryl methyl sites for hydroxylation is 1. The summed E-state index contributed by atoms with van der Waals surface area (Å²) in [5.74, 6) is -1.22. The fourth-order valence-electron chi connectivity index (χ4n) is 1.81. The lowest BCUT2D eigenvalue weighted by molar-refractivity contribution is -0.146. The lowest BCUT2D eigenvalue weighted by Crippen LogP contribution is -2.26. The summed E-state index contributed by atoms with van der Waals surface area (Å²) in [6.07, 6.45) is 1.31. The molecule has 0 spiro atoms. The van der Waals surface area contributed by atoms with Gasteiger partial charge < -0.3 is 4.74 Å². The zero-order valence-corrected chi connectivity index (χ0v) is 11.2. The Labute approximate surface area is 108 Å². The summed E-state index contributed by atoms with van der Waals surface area (Å²) in [4.78, 5) is 24.0. The van der Waals surface area contributed by atoms with Gasteiger partial charge in [0, 0.05) is 5.56 Å². The van der Waals surface area contributed by atoms with Crippen LogP contribution in [0.15, 0.2) is 24.3 Å². The maximum Gasteiger partial charge on any atom is 0.316 e. The third-order valence-corrected chi connectivity index (χ3v) is 2.80. The average Bonchev–Trinajstić information content (AvgIpc) is 2.36. The normalized spacial score (nSPS) is 11.9. The molecule has 1 rings (SSSR count). The van der Waals surface area contributed by atoms with E-state index in [2.05, 4.69) is 0 Å². The predicted molar refractivity (Wildman–Crippen MR) is 70.5 cm³/mol. The highest BCUT2D eigenvalue weighted by Gasteiger charge is 2.27. The van der Waals surface area contributed by atoms with Crippen molar-refractivity contribution in [2.45, 2.75) is 33.6 Å². The summed E-state index contributed by atoms with van der Waals surface area (Å²) in [7, 11) is 0. The summed E-state index contributed by atoms with van der Waals surface area (Å²) in [6, 6.07) is 7.28. The van der Waals surface area contributed by atoms with Crippen molar-refractivity contribution >= 4 is 11.8 Å². The largest absolute Gasteiger partial charge is 0.465 e. The monoisotopic (exact) mass is 248 g/mol. The van der Waals surface area contributed by atoms with E-state index in [1.54, 1.807) is 19.1 Å². The zero-order valence-electron chi connectivity index (χ0n) is 11.2. The predicted octanol–water partition coefficient (Wildman–Crippen LogP) is 3.16. The Balaban J connectivity index is 2.88. The van der Waals surface area contributed by atoms with Gasteiger partial charge in [0.15, 0.2) is 5.78 Å². The standard InChI is InChI=1S/C15H20O3/c1-4-6-13(15(17)18-5-2)14(16)12-9-7-11(3)8-10-12/h7-10,13H,4-6H2,1-3H3. The van der Waals surface area contributed by atoms with Gasteiger partial charge in [-0.05, 0) is 20.3 Å². The number of ether oxygens (including phenoxy) is 1. The van der Waals surface area contributed by atoms with Crippen LogP contribution >= 0.6 is 0 Å². The molecule has 0 aliphatic heterocycles. The highest BCUT2D eigenvalue weighted by molar-refractivity contribution is 6.08. The van der Waals surface area contributed by atoms with Crippen LogP contribution in [0.2, 0.25) is 0 Å². The summed E-state index contributed by atoms with van der Waals surface area (Å²) in [5, 5.41) is 0. The Hall–Kier alpha value is -1.64. The van der Waals surface area contributed by atoms with E-state index in [1.165, 1.54) is 0 Å². The van der Waals surface area contributed by atoms with Gasteiger partial charge in [-0.15, -0.1) is 0 Å². The summed E-state index contributed by atoms with van der Waals surface area (Å²) in [6.45, 7) is 5.97. The van der Waals surface area contributed by atoms with Gasteiger partial charge in [-0.3, -0.25) is 9.59 Å². The molecule has 1 aromatic rings. The summed E-state index contributed by atoms with van der Waals surface area (Å²) in [5.41, 5.74) is 1.67. The fourth-order valence-corrected chi connectivity index (χ4v) is 1.81. The van der Waals surface area contributed by atoms with E-state index in [0.29, 0.717) is 18.6 Å². The minimum atomic E-state index is -0.669. The maximum atomic E-state index is 12.3. The van der Waals surface area contributed by atoms with E-state index in [9.17, 15) is 9.59 Å². The second-order valence-electron chi connectivity index (χ2n) is 4.32. The first-order valence-corrected chi connectivity index (χ1v) is 6.37. The second-order valence-corrected chi connectivity index (χ2v) is 4.32. The van der Waals surface area contributed by atoms with Gasteiger partial charge in [0.2, 0.25) is 0 Å². The highest BCUT2D eigenvalue weighted by atomic mass is 16.5. The van der Waals surface area contributed by atoms with Crippen molar-refractivity contribution in [2.75, 3.05) is 6.61 Å². The summed E-state index contributed by atoms with van der Waals surface area (Å²) >= 11 is 0. The van der Waals surface area contributed by atoms with Crippen molar-refractivity contribution in [1.82, 2.24) is 0 Å². The molecule has 0 amide bonds. The first-order chi connectivity index (χ1) is 8.60. The topological polar surface area (TPSA) is 43.4 Å². The van der Waals surface area contributed by atoms with Crippen molar-refractivity contribution in [3.05, 3.63) is 35.4 Å². The van der Waals surface area contributed by atoms with Gasteiger partial charge in [-0.25, -0.2) is 0 Å². The molecule has 0 aromatic heterocycles. The third kappa shape index (κ3) is 3.69. The Morgan fingerprint density at radius 3 is 2.28 bits per heavy atom. The molecule has 3 heteroatoms. The Bertz CT molecular complexity index is 406. The van der Waals surface area contributed by atoms with Crippen LogP contribution in [-0.2, 0) is 9.53 Å². The highest BCUT2D eigenvalue weighted by Crippen LogP contribution is 2.17. The number of carbonyl (C=O) groups is 2. The number of hydrogen-bond donors (Lipinski definition) is 0. The molecule has 0 saturated heterocycles. The van der Waals surface area contributed by atoms with Crippen LogP contribution in [0.5, 0.6) is 0 Å². The third-order valence-electron chi connectivity index (χ3n) is 2.80. The fraction of sp³-hybridized carbons (Fsp3) is 0.467. The number of Topliss-reactive ketones (excluding diaryl/α,β-unsaturated/α-hetero) is 1. The first-order valence-electron chi connectivity index (χ1n) is 6.37. The van der Waals surface area contributed by atoms with Crippen molar-refractivity contribution < 1.29 is 14.3 Å². The molecule has 1 atom stereocenters. The molecule has 1 unspecified atom stereocenters. The number of ketones is 1. The zero-order chi connectivity index (χ0) is 13.5. The minimum Gasteiger partial charge on any atom is -0.465 e. The second kappa shape index (κ2) is 6.94. The lowest BCUT2D eigenvalue weighted by atomic mass is 9.93. The molecule has 1 aromatic carbocycles. The molecular weight excluding hydrogens is 228 g/mol. The van der Waals surface area contributed by atoms with Crippen molar-refractivity contribution in [2.24, 2.45) is 5.92 Å². The van der Waals surface area contributed by atoms with E-state index in [-0.39, 0.29) is 5.78 Å². The molecule has 0 fully saturated rings. The first kappa shape index (κ1) is 14.4. The smallest absolute Gasteiger partial charge is 0.316 e. The van der Waals surface area contributed by atoms with Gasteiger partial charge >= 0.3 is 5.97 Å².